The molecule has 8 nitrogen and oxygen atoms in total. The SMILES string of the molecule is O=C(CCCC(=O)c1ccco1)Nc1n[nH]c(-c2ccccn2)n1. The van der Waals surface area contributed by atoms with Crippen LogP contribution < -0.4 is 5.32 Å². The van der Waals surface area contributed by atoms with Crippen LogP contribution in [-0.4, -0.2) is 31.9 Å². The number of Topliss-reactive ketones (excluding diaryl/α,β-unsaturated/α-hetero) is 1. The third kappa shape index (κ3) is 3.92. The van der Waals surface area contributed by atoms with Gasteiger partial charge in [-0.2, -0.15) is 4.98 Å². The zero-order valence-corrected chi connectivity index (χ0v) is 12.7. The summed E-state index contributed by atoms with van der Waals surface area (Å²) in [5.74, 6) is 0.582. The summed E-state index contributed by atoms with van der Waals surface area (Å²) in [6.45, 7) is 0. The van der Waals surface area contributed by atoms with E-state index in [9.17, 15) is 9.59 Å². The Morgan fingerprint density at radius 2 is 2.08 bits per heavy atom. The van der Waals surface area contributed by atoms with E-state index in [0.717, 1.165) is 0 Å². The highest BCUT2D eigenvalue weighted by atomic mass is 16.3. The fourth-order valence-electron chi connectivity index (χ4n) is 2.09. The van der Waals surface area contributed by atoms with Crippen LogP contribution in [0.15, 0.2) is 47.2 Å². The Bertz CT molecular complexity index is 811. The zero-order valence-electron chi connectivity index (χ0n) is 12.7. The molecule has 2 N–H and O–H groups in total. The number of aromatic amines is 1. The lowest BCUT2D eigenvalue weighted by Gasteiger charge is -2.00. The van der Waals surface area contributed by atoms with Crippen LogP contribution in [0.3, 0.4) is 0 Å². The minimum absolute atomic E-state index is 0.122. The van der Waals surface area contributed by atoms with Crippen LogP contribution in [0, 0.1) is 0 Å². The number of ketones is 1. The van der Waals surface area contributed by atoms with Crippen molar-refractivity contribution in [3.05, 3.63) is 48.6 Å². The van der Waals surface area contributed by atoms with E-state index in [2.05, 4.69) is 25.5 Å². The number of hydrogen-bond donors (Lipinski definition) is 2. The van der Waals surface area contributed by atoms with Gasteiger partial charge in [0.1, 0.15) is 5.69 Å². The third-order valence-corrected chi connectivity index (χ3v) is 3.25. The van der Waals surface area contributed by atoms with Gasteiger partial charge in [-0.1, -0.05) is 6.07 Å². The van der Waals surface area contributed by atoms with E-state index in [1.54, 1.807) is 30.5 Å². The fraction of sp³-hybridized carbons (Fsp3) is 0.188. The lowest BCUT2D eigenvalue weighted by atomic mass is 10.1. The molecule has 0 fully saturated rings. The highest BCUT2D eigenvalue weighted by molar-refractivity contribution is 5.94. The number of hydrogen-bond acceptors (Lipinski definition) is 6. The van der Waals surface area contributed by atoms with Crippen molar-refractivity contribution in [3.8, 4) is 11.5 Å². The summed E-state index contributed by atoms with van der Waals surface area (Å²) in [5.41, 5.74) is 0.634. The van der Waals surface area contributed by atoms with Gasteiger partial charge in [0, 0.05) is 19.0 Å². The van der Waals surface area contributed by atoms with Crippen molar-refractivity contribution in [2.24, 2.45) is 0 Å². The molecular weight excluding hydrogens is 310 g/mol. The molecule has 1 amide bonds. The maximum Gasteiger partial charge on any atom is 0.249 e. The number of rotatable bonds is 7. The smallest absolute Gasteiger partial charge is 0.249 e. The van der Waals surface area contributed by atoms with Gasteiger partial charge in [-0.3, -0.25) is 25.0 Å². The Morgan fingerprint density at radius 3 is 2.83 bits per heavy atom. The minimum atomic E-state index is -0.256. The molecule has 3 aromatic rings. The lowest BCUT2D eigenvalue weighted by Crippen LogP contribution is -2.13. The van der Waals surface area contributed by atoms with Crippen LogP contribution in [0.1, 0.15) is 29.8 Å². The van der Waals surface area contributed by atoms with Gasteiger partial charge >= 0.3 is 0 Å². The van der Waals surface area contributed by atoms with Crippen molar-refractivity contribution in [3.63, 3.8) is 0 Å². The van der Waals surface area contributed by atoms with Crippen LogP contribution in [0.25, 0.3) is 11.5 Å². The van der Waals surface area contributed by atoms with Gasteiger partial charge < -0.3 is 4.42 Å². The molecule has 0 aromatic carbocycles. The van der Waals surface area contributed by atoms with Crippen molar-refractivity contribution < 1.29 is 14.0 Å². The van der Waals surface area contributed by atoms with E-state index in [0.29, 0.717) is 23.7 Å². The van der Waals surface area contributed by atoms with Crippen molar-refractivity contribution in [1.82, 2.24) is 20.2 Å². The molecule has 0 aliphatic heterocycles. The topological polar surface area (TPSA) is 114 Å². The minimum Gasteiger partial charge on any atom is -0.461 e. The van der Waals surface area contributed by atoms with E-state index < -0.39 is 0 Å². The Balaban J connectivity index is 1.47. The normalized spacial score (nSPS) is 10.5. The molecule has 3 heterocycles. The molecule has 0 saturated heterocycles. The van der Waals surface area contributed by atoms with E-state index in [-0.39, 0.29) is 30.5 Å². The van der Waals surface area contributed by atoms with Gasteiger partial charge in [0.15, 0.2) is 17.4 Å². The molecule has 3 rings (SSSR count). The van der Waals surface area contributed by atoms with Crippen molar-refractivity contribution in [2.75, 3.05) is 5.32 Å². The number of amides is 1. The Labute approximate surface area is 137 Å². The average Bonchev–Trinajstić information content (AvgIpc) is 3.27. The van der Waals surface area contributed by atoms with Gasteiger partial charge in [-0.15, -0.1) is 5.10 Å². The van der Waals surface area contributed by atoms with Crippen LogP contribution in [0.2, 0.25) is 0 Å². The van der Waals surface area contributed by atoms with Crippen molar-refractivity contribution in [2.45, 2.75) is 19.3 Å². The Kier molecular flexibility index (Phi) is 4.76. The summed E-state index contributed by atoms with van der Waals surface area (Å²) >= 11 is 0. The van der Waals surface area contributed by atoms with Gasteiger partial charge in [0.25, 0.3) is 0 Å². The first-order valence-electron chi connectivity index (χ1n) is 7.43. The molecule has 0 saturated carbocycles. The highest BCUT2D eigenvalue weighted by Gasteiger charge is 2.12. The van der Waals surface area contributed by atoms with Crippen LogP contribution >= 0.6 is 0 Å². The molecule has 24 heavy (non-hydrogen) atoms. The largest absolute Gasteiger partial charge is 0.461 e. The predicted octanol–water partition coefficient (Wildman–Crippen LogP) is 2.45. The second kappa shape index (κ2) is 7.32. The van der Waals surface area contributed by atoms with E-state index in [1.165, 1.54) is 6.26 Å². The van der Waals surface area contributed by atoms with Gasteiger partial charge in [-0.05, 0) is 30.7 Å². The predicted molar refractivity (Wildman–Crippen MR) is 85.1 cm³/mol. The number of nitrogens with zero attached hydrogens (tertiary/aromatic N) is 3. The number of carbonyl (C=O) groups excluding carboxylic acids is 2. The summed E-state index contributed by atoms with van der Waals surface area (Å²) in [5, 5.41) is 9.23. The summed E-state index contributed by atoms with van der Waals surface area (Å²) in [6.07, 6.45) is 3.95. The second-order valence-electron chi connectivity index (χ2n) is 5.02. The third-order valence-electron chi connectivity index (χ3n) is 3.25. The maximum atomic E-state index is 11.9. The number of pyridine rings is 1. The molecule has 0 radical (unpaired) electrons. The lowest BCUT2D eigenvalue weighted by molar-refractivity contribution is -0.116. The maximum absolute atomic E-state index is 11.9. The number of nitrogens with one attached hydrogen (secondary N) is 2. The molecule has 122 valence electrons. The van der Waals surface area contributed by atoms with E-state index >= 15 is 0 Å². The first kappa shape index (κ1) is 15.6. The summed E-state index contributed by atoms with van der Waals surface area (Å²) in [7, 11) is 0. The van der Waals surface area contributed by atoms with Gasteiger partial charge in [0.05, 0.1) is 6.26 Å². The summed E-state index contributed by atoms with van der Waals surface area (Å²) < 4.78 is 5.01. The van der Waals surface area contributed by atoms with Gasteiger partial charge in [-0.25, -0.2) is 0 Å². The Hall–Kier alpha value is -3.29. The monoisotopic (exact) mass is 325 g/mol. The number of aromatic nitrogens is 4. The zero-order chi connectivity index (χ0) is 16.8. The highest BCUT2D eigenvalue weighted by Crippen LogP contribution is 2.13. The molecule has 0 bridgehead atoms. The second-order valence-corrected chi connectivity index (χ2v) is 5.02. The molecule has 0 aliphatic rings. The number of anilines is 1. The van der Waals surface area contributed by atoms with E-state index in [1.807, 2.05) is 6.07 Å². The summed E-state index contributed by atoms with van der Waals surface area (Å²) in [4.78, 5) is 31.9. The number of furan rings is 1. The van der Waals surface area contributed by atoms with Crippen LogP contribution in [0.4, 0.5) is 5.95 Å². The van der Waals surface area contributed by atoms with Crippen LogP contribution in [0.5, 0.6) is 0 Å². The summed E-state index contributed by atoms with van der Waals surface area (Å²) in [6, 6.07) is 8.68. The van der Waals surface area contributed by atoms with Crippen molar-refractivity contribution >= 4 is 17.6 Å². The fourth-order valence-corrected chi connectivity index (χ4v) is 2.09. The van der Waals surface area contributed by atoms with E-state index in [4.69, 9.17) is 4.42 Å². The number of H-pyrrole nitrogens is 1. The number of carbonyl (C=O) groups is 2. The Morgan fingerprint density at radius 1 is 1.17 bits per heavy atom. The van der Waals surface area contributed by atoms with Crippen LogP contribution in [-0.2, 0) is 4.79 Å². The molecule has 0 aliphatic carbocycles. The molecule has 0 unspecified atom stereocenters. The van der Waals surface area contributed by atoms with Crippen molar-refractivity contribution in [1.29, 1.82) is 0 Å². The average molecular weight is 325 g/mol. The standard InChI is InChI=1S/C16H15N5O3/c22-12(13-7-4-10-24-13)6-3-8-14(23)18-16-19-15(20-21-16)11-5-1-2-9-17-11/h1-2,4-5,7,9-10H,3,6,8H2,(H2,18,19,20,21,23). The molecule has 0 spiro atoms. The quantitative estimate of drug-likeness (QED) is 0.645. The first-order chi connectivity index (χ1) is 11.7. The molecule has 0 atom stereocenters. The molecule has 3 aromatic heterocycles. The van der Waals surface area contributed by atoms with Gasteiger partial charge in [0.2, 0.25) is 11.9 Å². The molecular formula is C16H15N5O3. The molecule has 8 heteroatoms. The first-order valence-corrected chi connectivity index (χ1v) is 7.43.